The summed E-state index contributed by atoms with van der Waals surface area (Å²) in [4.78, 5) is 0. The number of hydrogen-bond donors (Lipinski definition) is 3. The lowest BCUT2D eigenvalue weighted by molar-refractivity contribution is 0.444. The summed E-state index contributed by atoms with van der Waals surface area (Å²) in [7, 11) is 0. The van der Waals surface area contributed by atoms with Crippen molar-refractivity contribution in [1.82, 2.24) is 10.6 Å². The molecule has 154 valence electrons. The number of nitrogens with two attached hydrogens (primary N) is 1. The molecule has 3 nitrogen and oxygen atoms in total. The smallest absolute Gasteiger partial charge is 0.00734 e. The van der Waals surface area contributed by atoms with Gasteiger partial charge >= 0.3 is 0 Å². The molecule has 0 aliphatic carbocycles. The summed E-state index contributed by atoms with van der Waals surface area (Å²) in [6, 6.07) is 18.5. The fraction of sp³-hybridized carbons (Fsp3) is 0.520. The molecule has 0 saturated heterocycles. The summed E-state index contributed by atoms with van der Waals surface area (Å²) in [6.07, 6.45) is 6.88. The first-order chi connectivity index (χ1) is 13.7. The van der Waals surface area contributed by atoms with Gasteiger partial charge in [-0.25, -0.2) is 0 Å². The Kier molecular flexibility index (Phi) is 10.9. The van der Waals surface area contributed by atoms with Crippen LogP contribution in [0.2, 0.25) is 0 Å². The molecule has 2 rings (SSSR count). The van der Waals surface area contributed by atoms with E-state index in [2.05, 4.69) is 73.0 Å². The van der Waals surface area contributed by atoms with Crippen LogP contribution in [0.25, 0.3) is 0 Å². The van der Waals surface area contributed by atoms with E-state index in [0.717, 1.165) is 51.9 Å². The molecule has 28 heavy (non-hydrogen) atoms. The summed E-state index contributed by atoms with van der Waals surface area (Å²) in [5.74, 6) is 0. The van der Waals surface area contributed by atoms with Gasteiger partial charge in [0.05, 0.1) is 0 Å². The third kappa shape index (κ3) is 9.50. The number of aryl methyl sites for hydroxylation is 4. The van der Waals surface area contributed by atoms with Crippen LogP contribution < -0.4 is 16.4 Å². The van der Waals surface area contributed by atoms with Crippen molar-refractivity contribution in [3.8, 4) is 0 Å². The lowest BCUT2D eigenvalue weighted by Gasteiger charge is -2.19. The van der Waals surface area contributed by atoms with Crippen LogP contribution in [0.5, 0.6) is 0 Å². The van der Waals surface area contributed by atoms with Crippen molar-refractivity contribution in [2.75, 3.05) is 26.2 Å². The van der Waals surface area contributed by atoms with Crippen LogP contribution in [0, 0.1) is 13.8 Å². The zero-order valence-corrected chi connectivity index (χ0v) is 17.8. The highest BCUT2D eigenvalue weighted by atomic mass is 14.9. The van der Waals surface area contributed by atoms with Gasteiger partial charge in [0.25, 0.3) is 0 Å². The highest BCUT2D eigenvalue weighted by Crippen LogP contribution is 2.13. The Morgan fingerprint density at radius 1 is 0.714 bits per heavy atom. The fourth-order valence-electron chi connectivity index (χ4n) is 3.41. The van der Waals surface area contributed by atoms with Crippen molar-refractivity contribution in [3.63, 3.8) is 0 Å². The average molecular weight is 382 g/mol. The monoisotopic (exact) mass is 381 g/mol. The van der Waals surface area contributed by atoms with Crippen molar-refractivity contribution in [2.24, 2.45) is 5.73 Å². The van der Waals surface area contributed by atoms with Crippen molar-refractivity contribution >= 4 is 0 Å². The third-order valence-corrected chi connectivity index (χ3v) is 5.33. The maximum atomic E-state index is 5.54. The Balaban J connectivity index is 1.77. The van der Waals surface area contributed by atoms with Crippen LogP contribution in [0.15, 0.2) is 48.5 Å². The summed E-state index contributed by atoms with van der Waals surface area (Å²) in [5, 5.41) is 7.28. The Morgan fingerprint density at radius 2 is 1.21 bits per heavy atom. The van der Waals surface area contributed by atoms with Crippen molar-refractivity contribution in [3.05, 3.63) is 70.8 Å². The second-order valence-corrected chi connectivity index (χ2v) is 7.95. The highest BCUT2D eigenvalue weighted by molar-refractivity contribution is 5.22. The van der Waals surface area contributed by atoms with Gasteiger partial charge in [0.2, 0.25) is 0 Å². The van der Waals surface area contributed by atoms with E-state index in [1.807, 2.05) is 0 Å². The Labute approximate surface area is 172 Å². The van der Waals surface area contributed by atoms with Gasteiger partial charge in [-0.3, -0.25) is 0 Å². The summed E-state index contributed by atoms with van der Waals surface area (Å²) in [5.41, 5.74) is 11.1. The molecular weight excluding hydrogens is 342 g/mol. The van der Waals surface area contributed by atoms with E-state index in [-0.39, 0.29) is 0 Å². The number of hydrogen-bond acceptors (Lipinski definition) is 3. The normalized spacial score (nSPS) is 11.3. The van der Waals surface area contributed by atoms with Crippen LogP contribution in [0.3, 0.4) is 0 Å². The maximum Gasteiger partial charge on any atom is 0.00734 e. The lowest BCUT2D eigenvalue weighted by atomic mass is 9.98. The molecule has 0 atom stereocenters. The summed E-state index contributed by atoms with van der Waals surface area (Å²) >= 11 is 0. The van der Waals surface area contributed by atoms with E-state index >= 15 is 0 Å². The quantitative estimate of drug-likeness (QED) is 0.431. The molecule has 0 aliphatic rings. The minimum absolute atomic E-state index is 0.562. The molecule has 0 unspecified atom stereocenters. The summed E-state index contributed by atoms with van der Waals surface area (Å²) < 4.78 is 0. The van der Waals surface area contributed by atoms with Crippen molar-refractivity contribution in [2.45, 2.75) is 58.4 Å². The second-order valence-electron chi connectivity index (χ2n) is 7.95. The SMILES string of the molecule is Cc1ccc(CCC(CCc2ccc(C)cc2)NCCCNCCCN)cc1. The third-order valence-electron chi connectivity index (χ3n) is 5.33. The molecule has 0 amide bonds. The molecule has 2 aromatic rings. The van der Waals surface area contributed by atoms with Crippen LogP contribution in [-0.2, 0) is 12.8 Å². The van der Waals surface area contributed by atoms with Gasteiger partial charge < -0.3 is 16.4 Å². The Hall–Kier alpha value is -1.68. The molecule has 0 spiro atoms. The highest BCUT2D eigenvalue weighted by Gasteiger charge is 2.09. The van der Waals surface area contributed by atoms with Gasteiger partial charge in [0.1, 0.15) is 0 Å². The van der Waals surface area contributed by atoms with Crippen molar-refractivity contribution < 1.29 is 0 Å². The lowest BCUT2D eigenvalue weighted by Crippen LogP contribution is -2.32. The minimum Gasteiger partial charge on any atom is -0.330 e. The van der Waals surface area contributed by atoms with E-state index in [9.17, 15) is 0 Å². The van der Waals surface area contributed by atoms with E-state index < -0.39 is 0 Å². The van der Waals surface area contributed by atoms with E-state index in [4.69, 9.17) is 5.73 Å². The number of rotatable bonds is 14. The zero-order chi connectivity index (χ0) is 20.0. The average Bonchev–Trinajstić information content (AvgIpc) is 2.71. The largest absolute Gasteiger partial charge is 0.330 e. The van der Waals surface area contributed by atoms with Crippen LogP contribution in [0.1, 0.15) is 47.9 Å². The zero-order valence-electron chi connectivity index (χ0n) is 17.8. The first-order valence-corrected chi connectivity index (χ1v) is 10.9. The number of benzene rings is 2. The van der Waals surface area contributed by atoms with Crippen LogP contribution >= 0.6 is 0 Å². The molecule has 0 bridgehead atoms. The van der Waals surface area contributed by atoms with E-state index in [1.54, 1.807) is 0 Å². The molecule has 0 radical (unpaired) electrons. The van der Waals surface area contributed by atoms with Gasteiger partial charge in [-0.15, -0.1) is 0 Å². The van der Waals surface area contributed by atoms with Gasteiger partial charge in [-0.2, -0.15) is 0 Å². The van der Waals surface area contributed by atoms with E-state index in [1.165, 1.54) is 35.1 Å². The maximum absolute atomic E-state index is 5.54. The van der Waals surface area contributed by atoms with Gasteiger partial charge in [0.15, 0.2) is 0 Å². The Morgan fingerprint density at radius 3 is 1.71 bits per heavy atom. The predicted octanol–water partition coefficient (Wildman–Crippen LogP) is 4.16. The standard InChI is InChI=1S/C25H39N3/c1-21-5-9-23(10-6-21)13-15-25(28-20-4-19-27-18-3-17-26)16-14-24-11-7-22(2)8-12-24/h5-12,25,27-28H,3-4,13-20,26H2,1-2H3. The van der Waals surface area contributed by atoms with Gasteiger partial charge in [-0.05, 0) is 89.7 Å². The topological polar surface area (TPSA) is 50.1 Å². The molecule has 0 aromatic heterocycles. The first kappa shape index (κ1) is 22.6. The molecule has 0 saturated carbocycles. The molecule has 3 heteroatoms. The first-order valence-electron chi connectivity index (χ1n) is 10.9. The van der Waals surface area contributed by atoms with Gasteiger partial charge in [0, 0.05) is 6.04 Å². The molecule has 0 heterocycles. The van der Waals surface area contributed by atoms with Gasteiger partial charge in [-0.1, -0.05) is 59.7 Å². The molecule has 0 aliphatic heterocycles. The van der Waals surface area contributed by atoms with E-state index in [0.29, 0.717) is 6.04 Å². The second kappa shape index (κ2) is 13.5. The Bertz CT molecular complexity index is 584. The summed E-state index contributed by atoms with van der Waals surface area (Å²) in [6.45, 7) is 8.23. The molecule has 2 aromatic carbocycles. The van der Waals surface area contributed by atoms with Crippen LogP contribution in [-0.4, -0.2) is 32.2 Å². The fourth-order valence-corrected chi connectivity index (χ4v) is 3.41. The molecular formula is C25H39N3. The number of nitrogens with one attached hydrogen (secondary N) is 2. The van der Waals surface area contributed by atoms with Crippen LogP contribution in [0.4, 0.5) is 0 Å². The van der Waals surface area contributed by atoms with Crippen molar-refractivity contribution in [1.29, 1.82) is 0 Å². The minimum atomic E-state index is 0.562. The predicted molar refractivity (Wildman–Crippen MR) is 122 cm³/mol. The molecule has 4 N–H and O–H groups in total. The molecule has 0 fully saturated rings.